The number of aliphatic hydroxyl groups excluding tert-OH is 1. The summed E-state index contributed by atoms with van der Waals surface area (Å²) in [5.41, 5.74) is 0. The predicted molar refractivity (Wildman–Crippen MR) is 54.9 cm³/mol. The minimum absolute atomic E-state index is 0.111. The Labute approximate surface area is 85.7 Å². The molecule has 1 N–H and O–H groups in total. The number of hydrogen-bond donors (Lipinski definition) is 1. The lowest BCUT2D eigenvalue weighted by Gasteiger charge is -2.20. The van der Waals surface area contributed by atoms with Gasteiger partial charge in [-0.3, -0.25) is 0 Å². The number of hydrogen-bond acceptors (Lipinski definition) is 3. The molecule has 0 spiro atoms. The summed E-state index contributed by atoms with van der Waals surface area (Å²) in [7, 11) is 0. The zero-order chi connectivity index (χ0) is 10.6. The molecule has 3 heteroatoms. The van der Waals surface area contributed by atoms with Gasteiger partial charge in [0, 0.05) is 0 Å². The van der Waals surface area contributed by atoms with Crippen LogP contribution in [0.4, 0.5) is 0 Å². The highest BCUT2D eigenvalue weighted by Gasteiger charge is 2.35. The van der Waals surface area contributed by atoms with Gasteiger partial charge in [0.2, 0.25) is 0 Å². The van der Waals surface area contributed by atoms with Crippen molar-refractivity contribution in [3.8, 4) is 0 Å². The van der Waals surface area contributed by atoms with Crippen molar-refractivity contribution in [3.63, 3.8) is 0 Å². The molecular weight excluding hydrogens is 180 g/mol. The molecule has 0 aliphatic carbocycles. The zero-order valence-corrected chi connectivity index (χ0v) is 9.19. The Kier molecular flexibility index (Phi) is 4.11. The molecule has 82 valence electrons. The SMILES string of the molecule is C[C@H](C/C=C/CO)[C@@H]1COC(C)(C)O1. The lowest BCUT2D eigenvalue weighted by atomic mass is 10.0. The van der Waals surface area contributed by atoms with Gasteiger partial charge in [0.15, 0.2) is 5.79 Å². The molecule has 1 fully saturated rings. The molecular formula is C11H20O3. The molecule has 3 nitrogen and oxygen atoms in total. The van der Waals surface area contributed by atoms with E-state index in [1.54, 1.807) is 6.08 Å². The summed E-state index contributed by atoms with van der Waals surface area (Å²) in [6.07, 6.45) is 4.84. The fraction of sp³-hybridized carbons (Fsp3) is 0.818. The molecule has 0 aromatic rings. The van der Waals surface area contributed by atoms with Gasteiger partial charge in [0.1, 0.15) is 0 Å². The van der Waals surface area contributed by atoms with Crippen molar-refractivity contribution >= 4 is 0 Å². The van der Waals surface area contributed by atoms with Crippen molar-refractivity contribution in [2.75, 3.05) is 13.2 Å². The van der Waals surface area contributed by atoms with E-state index < -0.39 is 5.79 Å². The van der Waals surface area contributed by atoms with Crippen molar-refractivity contribution in [3.05, 3.63) is 12.2 Å². The highest BCUT2D eigenvalue weighted by molar-refractivity contribution is 4.86. The quantitative estimate of drug-likeness (QED) is 0.702. The second kappa shape index (κ2) is 4.91. The van der Waals surface area contributed by atoms with E-state index in [-0.39, 0.29) is 12.7 Å². The molecule has 0 amide bonds. The van der Waals surface area contributed by atoms with Crippen LogP contribution < -0.4 is 0 Å². The first-order valence-corrected chi connectivity index (χ1v) is 5.13. The van der Waals surface area contributed by atoms with Crippen molar-refractivity contribution in [1.29, 1.82) is 0 Å². The van der Waals surface area contributed by atoms with Crippen LogP contribution in [0, 0.1) is 5.92 Å². The number of rotatable bonds is 4. The second-order valence-corrected chi connectivity index (χ2v) is 4.23. The molecule has 1 saturated heterocycles. The largest absolute Gasteiger partial charge is 0.392 e. The number of aliphatic hydroxyl groups is 1. The maximum absolute atomic E-state index is 8.58. The summed E-state index contributed by atoms with van der Waals surface area (Å²) in [6, 6.07) is 0. The Morgan fingerprint density at radius 2 is 2.21 bits per heavy atom. The summed E-state index contributed by atoms with van der Waals surface area (Å²) in [4.78, 5) is 0. The van der Waals surface area contributed by atoms with E-state index in [2.05, 4.69) is 6.92 Å². The van der Waals surface area contributed by atoms with Gasteiger partial charge in [-0.25, -0.2) is 0 Å². The van der Waals surface area contributed by atoms with Crippen LogP contribution in [0.15, 0.2) is 12.2 Å². The minimum atomic E-state index is -0.431. The lowest BCUT2D eigenvalue weighted by molar-refractivity contribution is -0.143. The monoisotopic (exact) mass is 200 g/mol. The molecule has 0 saturated carbocycles. The zero-order valence-electron chi connectivity index (χ0n) is 9.19. The van der Waals surface area contributed by atoms with Crippen molar-refractivity contribution < 1.29 is 14.6 Å². The van der Waals surface area contributed by atoms with Crippen LogP contribution in [0.2, 0.25) is 0 Å². The lowest BCUT2D eigenvalue weighted by Crippen LogP contribution is -2.25. The molecule has 1 aliphatic heterocycles. The van der Waals surface area contributed by atoms with Gasteiger partial charge in [-0.15, -0.1) is 0 Å². The molecule has 0 aromatic carbocycles. The van der Waals surface area contributed by atoms with Crippen LogP contribution >= 0.6 is 0 Å². The van der Waals surface area contributed by atoms with Gasteiger partial charge in [0.25, 0.3) is 0 Å². The van der Waals surface area contributed by atoms with Crippen LogP contribution in [-0.2, 0) is 9.47 Å². The first kappa shape index (κ1) is 11.7. The summed E-state index contributed by atoms with van der Waals surface area (Å²) in [5.74, 6) is -0.000771. The first-order chi connectivity index (χ1) is 6.55. The fourth-order valence-electron chi connectivity index (χ4n) is 1.53. The molecule has 0 radical (unpaired) electrons. The minimum Gasteiger partial charge on any atom is -0.392 e. The molecule has 1 aliphatic rings. The van der Waals surface area contributed by atoms with E-state index in [9.17, 15) is 0 Å². The van der Waals surface area contributed by atoms with Crippen molar-refractivity contribution in [2.24, 2.45) is 5.92 Å². The molecule has 2 atom stereocenters. The van der Waals surface area contributed by atoms with E-state index in [1.807, 2.05) is 19.9 Å². The van der Waals surface area contributed by atoms with Gasteiger partial charge in [-0.05, 0) is 26.2 Å². The van der Waals surface area contributed by atoms with Crippen molar-refractivity contribution in [1.82, 2.24) is 0 Å². The first-order valence-electron chi connectivity index (χ1n) is 5.13. The summed E-state index contributed by atoms with van der Waals surface area (Å²) >= 11 is 0. The van der Waals surface area contributed by atoms with Gasteiger partial charge in [-0.2, -0.15) is 0 Å². The average Bonchev–Trinajstić information content (AvgIpc) is 2.46. The van der Waals surface area contributed by atoms with Gasteiger partial charge in [-0.1, -0.05) is 19.1 Å². The Balaban J connectivity index is 2.32. The second-order valence-electron chi connectivity index (χ2n) is 4.23. The molecule has 1 rings (SSSR count). The highest BCUT2D eigenvalue weighted by Crippen LogP contribution is 2.27. The smallest absolute Gasteiger partial charge is 0.163 e. The maximum atomic E-state index is 8.58. The normalized spacial score (nSPS) is 28.4. The van der Waals surface area contributed by atoms with E-state index in [1.165, 1.54) is 0 Å². The standard InChI is InChI=1S/C11H20O3/c1-9(6-4-5-7-12)10-8-13-11(2,3)14-10/h4-5,9-10,12H,6-8H2,1-3H3/b5-4+/t9-,10+/m1/s1. The number of ether oxygens (including phenoxy) is 2. The third kappa shape index (κ3) is 3.40. The van der Waals surface area contributed by atoms with Gasteiger partial charge < -0.3 is 14.6 Å². The molecule has 14 heavy (non-hydrogen) atoms. The fourth-order valence-corrected chi connectivity index (χ4v) is 1.53. The van der Waals surface area contributed by atoms with Crippen LogP contribution in [-0.4, -0.2) is 30.2 Å². The average molecular weight is 200 g/mol. The summed E-state index contributed by atoms with van der Waals surface area (Å²) < 4.78 is 11.2. The van der Waals surface area contributed by atoms with E-state index in [4.69, 9.17) is 14.6 Å². The molecule has 0 unspecified atom stereocenters. The Bertz CT molecular complexity index is 199. The van der Waals surface area contributed by atoms with Gasteiger partial charge in [0.05, 0.1) is 19.3 Å². The van der Waals surface area contributed by atoms with Crippen LogP contribution in [0.5, 0.6) is 0 Å². The predicted octanol–water partition coefficient (Wildman–Crippen LogP) is 1.71. The third-order valence-corrected chi connectivity index (χ3v) is 2.45. The van der Waals surface area contributed by atoms with Crippen LogP contribution in [0.1, 0.15) is 27.2 Å². The Hall–Kier alpha value is -0.380. The van der Waals surface area contributed by atoms with Gasteiger partial charge >= 0.3 is 0 Å². The number of allylic oxidation sites excluding steroid dienone is 1. The van der Waals surface area contributed by atoms with E-state index in [0.29, 0.717) is 12.5 Å². The maximum Gasteiger partial charge on any atom is 0.163 e. The van der Waals surface area contributed by atoms with Crippen molar-refractivity contribution in [2.45, 2.75) is 39.1 Å². The Morgan fingerprint density at radius 1 is 1.50 bits per heavy atom. The molecule has 0 bridgehead atoms. The molecule has 1 heterocycles. The third-order valence-electron chi connectivity index (χ3n) is 2.45. The van der Waals surface area contributed by atoms with Crippen LogP contribution in [0.3, 0.4) is 0 Å². The Morgan fingerprint density at radius 3 is 2.71 bits per heavy atom. The molecule has 0 aromatic heterocycles. The van der Waals surface area contributed by atoms with E-state index >= 15 is 0 Å². The topological polar surface area (TPSA) is 38.7 Å². The summed E-state index contributed by atoms with van der Waals surface area (Å²) in [6.45, 7) is 6.78. The summed E-state index contributed by atoms with van der Waals surface area (Å²) in [5, 5.41) is 8.58. The van der Waals surface area contributed by atoms with E-state index in [0.717, 1.165) is 6.42 Å². The highest BCUT2D eigenvalue weighted by atomic mass is 16.7. The van der Waals surface area contributed by atoms with Crippen LogP contribution in [0.25, 0.3) is 0 Å².